The van der Waals surface area contributed by atoms with Gasteiger partial charge < -0.3 is 9.47 Å². The Hall–Kier alpha value is -0.360. The van der Waals surface area contributed by atoms with Gasteiger partial charge in [0, 0.05) is 19.3 Å². The van der Waals surface area contributed by atoms with E-state index in [1.807, 2.05) is 23.5 Å². The molecule has 0 N–H and O–H groups in total. The molecule has 0 saturated carbocycles. The highest BCUT2D eigenvalue weighted by atomic mass is 32.2. The summed E-state index contributed by atoms with van der Waals surface area (Å²) in [4.78, 5) is 23.1. The smallest absolute Gasteiger partial charge is 0.305 e. The van der Waals surface area contributed by atoms with Crippen molar-refractivity contribution < 1.29 is 19.1 Å². The third-order valence-electron chi connectivity index (χ3n) is 3.77. The van der Waals surface area contributed by atoms with E-state index in [9.17, 15) is 9.59 Å². The first kappa shape index (κ1) is 24.6. The molecule has 0 aliphatic carbocycles. The molecule has 0 bridgehead atoms. The first-order valence-corrected chi connectivity index (χ1v) is 12.3. The second kappa shape index (κ2) is 20.0. The molecule has 0 aliphatic heterocycles. The normalized spacial score (nSPS) is 10.6. The summed E-state index contributed by atoms with van der Waals surface area (Å²) in [7, 11) is 0. The summed E-state index contributed by atoms with van der Waals surface area (Å²) >= 11 is 3.73. The van der Waals surface area contributed by atoms with Gasteiger partial charge in [-0.2, -0.15) is 23.5 Å². The molecule has 0 amide bonds. The number of carbonyl (C=O) groups excluding carboxylic acids is 2. The van der Waals surface area contributed by atoms with Crippen LogP contribution in [0.1, 0.15) is 70.6 Å². The molecule has 0 aromatic carbocycles. The summed E-state index contributed by atoms with van der Waals surface area (Å²) in [6, 6.07) is 0. The van der Waals surface area contributed by atoms with Gasteiger partial charge in [-0.15, -0.1) is 0 Å². The Kier molecular flexibility index (Phi) is 19.7. The largest absolute Gasteiger partial charge is 0.466 e. The quantitative estimate of drug-likeness (QED) is 0.239. The van der Waals surface area contributed by atoms with Crippen molar-refractivity contribution >= 4 is 35.5 Å². The number of unbranched alkanes of at least 4 members (excludes halogenated alkanes) is 6. The molecule has 0 aromatic heterocycles. The maximum absolute atomic E-state index is 11.5. The number of rotatable bonds is 18. The molecule has 0 heterocycles. The van der Waals surface area contributed by atoms with Gasteiger partial charge >= 0.3 is 11.9 Å². The van der Waals surface area contributed by atoms with E-state index in [4.69, 9.17) is 9.47 Å². The van der Waals surface area contributed by atoms with Crippen LogP contribution in [0.25, 0.3) is 0 Å². The number of carbonyl (C=O) groups is 2. The summed E-state index contributed by atoms with van der Waals surface area (Å²) in [6.07, 6.45) is 14.6. The number of thioether (sulfide) groups is 2. The van der Waals surface area contributed by atoms with E-state index in [1.54, 1.807) is 0 Å². The number of esters is 2. The maximum Gasteiger partial charge on any atom is 0.305 e. The first-order valence-electron chi connectivity index (χ1n) is 9.49. The minimum Gasteiger partial charge on any atom is -0.466 e. The molecule has 0 spiro atoms. The predicted molar refractivity (Wildman–Crippen MR) is 109 cm³/mol. The Morgan fingerprint density at radius 1 is 0.600 bits per heavy atom. The van der Waals surface area contributed by atoms with Gasteiger partial charge in [0.25, 0.3) is 0 Å². The first-order chi connectivity index (χ1) is 12.2. The molecule has 0 radical (unpaired) electrons. The fraction of sp³-hybridized carbons (Fsp3) is 0.895. The molecule has 0 saturated heterocycles. The van der Waals surface area contributed by atoms with E-state index in [1.165, 1.54) is 37.2 Å². The van der Waals surface area contributed by atoms with Crippen molar-refractivity contribution in [2.45, 2.75) is 70.6 Å². The van der Waals surface area contributed by atoms with Crippen molar-refractivity contribution in [1.29, 1.82) is 0 Å². The molecule has 25 heavy (non-hydrogen) atoms. The highest BCUT2D eigenvalue weighted by Gasteiger charge is 2.05. The molecular formula is C19H36O4S2. The molecule has 0 rings (SSSR count). The Morgan fingerprint density at radius 3 is 1.40 bits per heavy atom. The average Bonchev–Trinajstić information content (AvgIpc) is 2.60. The van der Waals surface area contributed by atoms with E-state index in [0.29, 0.717) is 32.5 Å². The molecule has 0 aromatic rings. The van der Waals surface area contributed by atoms with Crippen LogP contribution in [0.3, 0.4) is 0 Å². The lowest BCUT2D eigenvalue weighted by molar-refractivity contribution is -0.146. The molecule has 148 valence electrons. The molecule has 6 heteroatoms. The van der Waals surface area contributed by atoms with Crippen molar-refractivity contribution in [3.05, 3.63) is 0 Å². The second-order valence-corrected chi connectivity index (χ2v) is 8.08. The zero-order chi connectivity index (χ0) is 18.6. The van der Waals surface area contributed by atoms with Gasteiger partial charge in [-0.25, -0.2) is 0 Å². The van der Waals surface area contributed by atoms with Gasteiger partial charge in [-0.05, 0) is 49.7 Å². The van der Waals surface area contributed by atoms with Crippen LogP contribution in [0.2, 0.25) is 0 Å². The monoisotopic (exact) mass is 392 g/mol. The lowest BCUT2D eigenvalue weighted by Crippen LogP contribution is -2.10. The van der Waals surface area contributed by atoms with Crippen molar-refractivity contribution in [2.75, 3.05) is 37.2 Å². The Balaban J connectivity index is 3.30. The fourth-order valence-corrected chi connectivity index (χ4v) is 3.30. The van der Waals surface area contributed by atoms with Crippen molar-refractivity contribution in [3.63, 3.8) is 0 Å². The predicted octanol–water partition coefficient (Wildman–Crippen LogP) is 5.09. The van der Waals surface area contributed by atoms with Crippen molar-refractivity contribution in [1.82, 2.24) is 0 Å². The number of hydrogen-bond donors (Lipinski definition) is 0. The highest BCUT2D eigenvalue weighted by Crippen LogP contribution is 2.08. The summed E-state index contributed by atoms with van der Waals surface area (Å²) in [6.45, 7) is 0.681. The lowest BCUT2D eigenvalue weighted by atomic mass is 10.1. The van der Waals surface area contributed by atoms with E-state index in [-0.39, 0.29) is 11.9 Å². The topological polar surface area (TPSA) is 52.6 Å². The maximum atomic E-state index is 11.5. The van der Waals surface area contributed by atoms with Crippen LogP contribution in [0.5, 0.6) is 0 Å². The van der Waals surface area contributed by atoms with Crippen LogP contribution >= 0.6 is 23.5 Å². The van der Waals surface area contributed by atoms with Crippen LogP contribution in [-0.4, -0.2) is 49.2 Å². The van der Waals surface area contributed by atoms with E-state index >= 15 is 0 Å². The summed E-state index contributed by atoms with van der Waals surface area (Å²) in [5.41, 5.74) is 0. The van der Waals surface area contributed by atoms with Crippen LogP contribution in [0.15, 0.2) is 0 Å². The Morgan fingerprint density at radius 2 is 1.00 bits per heavy atom. The molecule has 0 atom stereocenters. The van der Waals surface area contributed by atoms with Crippen LogP contribution < -0.4 is 0 Å². The highest BCUT2D eigenvalue weighted by molar-refractivity contribution is 7.98. The zero-order valence-corrected chi connectivity index (χ0v) is 17.7. The number of ether oxygens (including phenoxy) is 2. The molecule has 4 nitrogen and oxygen atoms in total. The average molecular weight is 393 g/mol. The van der Waals surface area contributed by atoms with Gasteiger partial charge in [0.05, 0.1) is 13.2 Å². The van der Waals surface area contributed by atoms with Crippen LogP contribution in [0.4, 0.5) is 0 Å². The Bertz CT molecular complexity index is 295. The van der Waals surface area contributed by atoms with Crippen LogP contribution in [0, 0.1) is 0 Å². The van der Waals surface area contributed by atoms with Gasteiger partial charge in [0.15, 0.2) is 0 Å². The van der Waals surface area contributed by atoms with Gasteiger partial charge in [-0.3, -0.25) is 9.59 Å². The second-order valence-electron chi connectivity index (χ2n) is 6.11. The zero-order valence-electron chi connectivity index (χ0n) is 16.1. The van der Waals surface area contributed by atoms with Crippen molar-refractivity contribution in [2.24, 2.45) is 0 Å². The molecule has 0 unspecified atom stereocenters. The van der Waals surface area contributed by atoms with Gasteiger partial charge in [0.2, 0.25) is 0 Å². The summed E-state index contributed by atoms with van der Waals surface area (Å²) < 4.78 is 10.3. The lowest BCUT2D eigenvalue weighted by Gasteiger charge is -2.06. The molecule has 0 fully saturated rings. The van der Waals surface area contributed by atoms with E-state index < -0.39 is 0 Å². The molecule has 0 aliphatic rings. The summed E-state index contributed by atoms with van der Waals surface area (Å²) in [5.74, 6) is 2.12. The fourth-order valence-electron chi connectivity index (χ4n) is 2.31. The van der Waals surface area contributed by atoms with Crippen LogP contribution in [-0.2, 0) is 19.1 Å². The van der Waals surface area contributed by atoms with Crippen molar-refractivity contribution in [3.8, 4) is 0 Å². The molecular weight excluding hydrogens is 356 g/mol. The SMILES string of the molecule is CSCCCCCCC(=O)OCCCOC(=O)CCCCCCSC. The third kappa shape index (κ3) is 19.8. The minimum absolute atomic E-state index is 0.138. The van der Waals surface area contributed by atoms with Gasteiger partial charge in [-0.1, -0.05) is 25.7 Å². The minimum atomic E-state index is -0.138. The standard InChI is InChI=1S/C19H36O4S2/c1-24-16-9-5-3-7-12-18(20)22-14-11-15-23-19(21)13-8-4-6-10-17-25-2/h3-17H2,1-2H3. The number of hydrogen-bond acceptors (Lipinski definition) is 6. The summed E-state index contributed by atoms with van der Waals surface area (Å²) in [5, 5.41) is 0. The van der Waals surface area contributed by atoms with E-state index in [0.717, 1.165) is 25.7 Å². The Labute approximate surface area is 162 Å². The third-order valence-corrected chi connectivity index (χ3v) is 5.17. The van der Waals surface area contributed by atoms with Gasteiger partial charge in [0.1, 0.15) is 0 Å². The van der Waals surface area contributed by atoms with E-state index in [2.05, 4.69) is 12.5 Å².